The Balaban J connectivity index is 1.72. The Bertz CT molecular complexity index is 662. The molecule has 2 N–H and O–H groups in total. The Labute approximate surface area is 142 Å². The van der Waals surface area contributed by atoms with Gasteiger partial charge in [0.15, 0.2) is 15.8 Å². The standard InChI is InChI=1S/C16H24FN3O3S/c1-12(23-15-5-3-14(17)4-6-15)9-19-16(18-2)20-10-13-7-8-24(21,22)11-13/h3-6,12-13H,7-11H2,1-2H3,(H2,18,19,20). The van der Waals surface area contributed by atoms with Gasteiger partial charge < -0.3 is 15.4 Å². The molecule has 0 bridgehead atoms. The van der Waals surface area contributed by atoms with Crippen molar-refractivity contribution in [2.75, 3.05) is 31.6 Å². The molecule has 2 rings (SSSR count). The molecule has 0 radical (unpaired) electrons. The first-order chi connectivity index (χ1) is 11.4. The zero-order valence-electron chi connectivity index (χ0n) is 14.0. The molecule has 1 aliphatic rings. The second kappa shape index (κ2) is 8.32. The van der Waals surface area contributed by atoms with Crippen molar-refractivity contribution in [3.63, 3.8) is 0 Å². The molecule has 1 fully saturated rings. The van der Waals surface area contributed by atoms with Gasteiger partial charge in [-0.2, -0.15) is 0 Å². The van der Waals surface area contributed by atoms with Gasteiger partial charge in [-0.05, 0) is 43.5 Å². The van der Waals surface area contributed by atoms with Crippen molar-refractivity contribution in [1.82, 2.24) is 10.6 Å². The molecule has 2 atom stereocenters. The number of guanidine groups is 1. The molecule has 134 valence electrons. The highest BCUT2D eigenvalue weighted by Gasteiger charge is 2.27. The highest BCUT2D eigenvalue weighted by molar-refractivity contribution is 7.91. The number of nitrogens with one attached hydrogen (secondary N) is 2. The summed E-state index contributed by atoms with van der Waals surface area (Å²) in [6.07, 6.45) is 0.553. The third-order valence-electron chi connectivity index (χ3n) is 3.82. The minimum absolute atomic E-state index is 0.126. The molecule has 0 spiro atoms. The highest BCUT2D eigenvalue weighted by atomic mass is 32.2. The number of nitrogens with zero attached hydrogens (tertiary/aromatic N) is 1. The van der Waals surface area contributed by atoms with Gasteiger partial charge in [0, 0.05) is 13.6 Å². The van der Waals surface area contributed by atoms with E-state index < -0.39 is 9.84 Å². The predicted octanol–water partition coefficient (Wildman–Crippen LogP) is 1.19. The SMILES string of the molecule is CN=C(NCC1CCS(=O)(=O)C1)NCC(C)Oc1ccc(F)cc1. The van der Waals surface area contributed by atoms with Gasteiger partial charge in [0.05, 0.1) is 18.1 Å². The lowest BCUT2D eigenvalue weighted by molar-refractivity contribution is 0.223. The highest BCUT2D eigenvalue weighted by Crippen LogP contribution is 2.17. The Morgan fingerprint density at radius 1 is 1.38 bits per heavy atom. The molecule has 8 heteroatoms. The summed E-state index contributed by atoms with van der Waals surface area (Å²) < 4.78 is 41.4. The second-order valence-electron chi connectivity index (χ2n) is 5.99. The summed E-state index contributed by atoms with van der Waals surface area (Å²) in [6, 6.07) is 5.87. The van der Waals surface area contributed by atoms with E-state index in [4.69, 9.17) is 4.74 Å². The van der Waals surface area contributed by atoms with E-state index in [1.165, 1.54) is 12.1 Å². The molecule has 0 amide bonds. The monoisotopic (exact) mass is 357 g/mol. The number of sulfone groups is 1. The normalized spacial score (nSPS) is 21.3. The van der Waals surface area contributed by atoms with Crippen LogP contribution in [0.5, 0.6) is 5.75 Å². The molecule has 2 unspecified atom stereocenters. The largest absolute Gasteiger partial charge is 0.489 e. The van der Waals surface area contributed by atoms with Crippen molar-refractivity contribution >= 4 is 15.8 Å². The fourth-order valence-electron chi connectivity index (χ4n) is 2.52. The van der Waals surface area contributed by atoms with Crippen LogP contribution < -0.4 is 15.4 Å². The Kier molecular flexibility index (Phi) is 6.42. The van der Waals surface area contributed by atoms with Gasteiger partial charge in [-0.25, -0.2) is 12.8 Å². The zero-order chi connectivity index (χ0) is 17.6. The molecule has 6 nitrogen and oxygen atoms in total. The lowest BCUT2D eigenvalue weighted by atomic mass is 10.1. The van der Waals surface area contributed by atoms with Crippen LogP contribution in [0.3, 0.4) is 0 Å². The second-order valence-corrected chi connectivity index (χ2v) is 8.21. The van der Waals surface area contributed by atoms with Crippen LogP contribution in [0.15, 0.2) is 29.3 Å². The lowest BCUT2D eigenvalue weighted by Gasteiger charge is -2.18. The van der Waals surface area contributed by atoms with Crippen LogP contribution >= 0.6 is 0 Å². The van der Waals surface area contributed by atoms with E-state index in [9.17, 15) is 12.8 Å². The molecule has 1 aromatic carbocycles. The molecule has 1 saturated heterocycles. The van der Waals surface area contributed by atoms with Crippen LogP contribution in [0.25, 0.3) is 0 Å². The first kappa shape index (κ1) is 18.5. The molecule has 1 aromatic rings. The molecule has 0 aliphatic carbocycles. The van der Waals surface area contributed by atoms with Gasteiger partial charge in [-0.1, -0.05) is 0 Å². The van der Waals surface area contributed by atoms with Crippen LogP contribution in [0, 0.1) is 11.7 Å². The van der Waals surface area contributed by atoms with Crippen molar-refractivity contribution in [3.05, 3.63) is 30.1 Å². The number of halogens is 1. The fourth-order valence-corrected chi connectivity index (χ4v) is 4.38. The van der Waals surface area contributed by atoms with Gasteiger partial charge in [-0.15, -0.1) is 0 Å². The third kappa shape index (κ3) is 5.99. The summed E-state index contributed by atoms with van der Waals surface area (Å²) >= 11 is 0. The van der Waals surface area contributed by atoms with E-state index in [0.717, 1.165) is 0 Å². The van der Waals surface area contributed by atoms with Crippen LogP contribution in [0.4, 0.5) is 4.39 Å². The van der Waals surface area contributed by atoms with E-state index in [2.05, 4.69) is 15.6 Å². The average molecular weight is 357 g/mol. The number of ether oxygens (including phenoxy) is 1. The first-order valence-electron chi connectivity index (χ1n) is 7.95. The van der Waals surface area contributed by atoms with Crippen LogP contribution in [-0.4, -0.2) is 52.1 Å². The lowest BCUT2D eigenvalue weighted by Crippen LogP contribution is -2.43. The Hall–Kier alpha value is -1.83. The Morgan fingerprint density at radius 3 is 2.67 bits per heavy atom. The van der Waals surface area contributed by atoms with Crippen molar-refractivity contribution in [2.24, 2.45) is 10.9 Å². The van der Waals surface area contributed by atoms with Crippen molar-refractivity contribution in [3.8, 4) is 5.75 Å². The molecule has 0 saturated carbocycles. The van der Waals surface area contributed by atoms with E-state index in [1.54, 1.807) is 19.2 Å². The van der Waals surface area contributed by atoms with E-state index in [1.807, 2.05) is 6.92 Å². The van der Waals surface area contributed by atoms with E-state index in [0.29, 0.717) is 31.2 Å². The summed E-state index contributed by atoms with van der Waals surface area (Å²) in [4.78, 5) is 4.12. The van der Waals surface area contributed by atoms with Gasteiger partial charge in [0.1, 0.15) is 17.7 Å². The summed E-state index contributed by atoms with van der Waals surface area (Å²) in [5.74, 6) is 1.54. The van der Waals surface area contributed by atoms with E-state index in [-0.39, 0.29) is 29.3 Å². The van der Waals surface area contributed by atoms with E-state index >= 15 is 0 Å². The summed E-state index contributed by atoms with van der Waals surface area (Å²) in [5.41, 5.74) is 0. The smallest absolute Gasteiger partial charge is 0.191 e. The number of benzene rings is 1. The molecular weight excluding hydrogens is 333 g/mol. The summed E-state index contributed by atoms with van der Waals surface area (Å²) in [5, 5.41) is 6.28. The fraction of sp³-hybridized carbons (Fsp3) is 0.562. The maximum absolute atomic E-state index is 12.9. The number of aliphatic imine (C=N–C) groups is 1. The average Bonchev–Trinajstić information content (AvgIpc) is 2.89. The van der Waals surface area contributed by atoms with Crippen molar-refractivity contribution in [2.45, 2.75) is 19.4 Å². The molecule has 0 aromatic heterocycles. The zero-order valence-corrected chi connectivity index (χ0v) is 14.8. The van der Waals surface area contributed by atoms with Crippen LogP contribution in [-0.2, 0) is 9.84 Å². The number of hydrogen-bond donors (Lipinski definition) is 2. The Morgan fingerprint density at radius 2 is 2.08 bits per heavy atom. The predicted molar refractivity (Wildman–Crippen MR) is 92.6 cm³/mol. The minimum atomic E-state index is -2.86. The first-order valence-corrected chi connectivity index (χ1v) is 9.77. The van der Waals surface area contributed by atoms with Crippen LogP contribution in [0.1, 0.15) is 13.3 Å². The van der Waals surface area contributed by atoms with Gasteiger partial charge in [0.2, 0.25) is 0 Å². The van der Waals surface area contributed by atoms with Gasteiger partial charge in [-0.3, -0.25) is 4.99 Å². The molecule has 1 heterocycles. The third-order valence-corrected chi connectivity index (χ3v) is 5.65. The topological polar surface area (TPSA) is 79.8 Å². The molecular formula is C16H24FN3O3S. The summed E-state index contributed by atoms with van der Waals surface area (Å²) in [7, 11) is -1.20. The van der Waals surface area contributed by atoms with Gasteiger partial charge in [0.25, 0.3) is 0 Å². The maximum Gasteiger partial charge on any atom is 0.191 e. The number of rotatable bonds is 6. The summed E-state index contributed by atoms with van der Waals surface area (Å²) in [6.45, 7) is 2.99. The van der Waals surface area contributed by atoms with Gasteiger partial charge >= 0.3 is 0 Å². The minimum Gasteiger partial charge on any atom is -0.489 e. The van der Waals surface area contributed by atoms with Crippen molar-refractivity contribution < 1.29 is 17.5 Å². The van der Waals surface area contributed by atoms with Crippen LogP contribution in [0.2, 0.25) is 0 Å². The number of hydrogen-bond acceptors (Lipinski definition) is 4. The van der Waals surface area contributed by atoms with Crippen molar-refractivity contribution in [1.29, 1.82) is 0 Å². The maximum atomic E-state index is 12.9. The molecule has 24 heavy (non-hydrogen) atoms. The quantitative estimate of drug-likeness (QED) is 0.591. The molecule has 1 aliphatic heterocycles.